The van der Waals surface area contributed by atoms with E-state index in [1.165, 1.54) is 22.3 Å². The number of fused-ring (bicyclic) bond motifs is 1. The van der Waals surface area contributed by atoms with Gasteiger partial charge in [-0.05, 0) is 61.8 Å². The zero-order valence-electron chi connectivity index (χ0n) is 19.8. The Morgan fingerprint density at radius 1 is 0.909 bits per heavy atom. The molecule has 2 aromatic carbocycles. The Morgan fingerprint density at radius 2 is 1.67 bits per heavy atom. The molecule has 0 saturated heterocycles. The number of hydrogen-bond acceptors (Lipinski definition) is 3. The highest BCUT2D eigenvalue weighted by molar-refractivity contribution is 6.15. The average Bonchev–Trinajstić information content (AvgIpc) is 3.11. The number of hydrogen-bond donors (Lipinski definition) is 0. The van der Waals surface area contributed by atoms with Crippen LogP contribution < -0.4 is 0 Å². The second-order valence-electron chi connectivity index (χ2n) is 9.68. The second-order valence-corrected chi connectivity index (χ2v) is 9.68. The molecule has 5 rings (SSSR count). The third kappa shape index (κ3) is 4.32. The van der Waals surface area contributed by atoms with E-state index in [0.717, 1.165) is 56.7 Å². The van der Waals surface area contributed by atoms with Crippen molar-refractivity contribution >= 4 is 11.7 Å². The lowest BCUT2D eigenvalue weighted by atomic mass is 9.92. The molecule has 2 aliphatic heterocycles. The van der Waals surface area contributed by atoms with E-state index in [-0.39, 0.29) is 5.91 Å². The minimum atomic E-state index is -0.850. The Bertz CT molecular complexity index is 1130. The van der Waals surface area contributed by atoms with Crippen molar-refractivity contribution < 1.29 is 4.79 Å². The zero-order chi connectivity index (χ0) is 22.8. The SMILES string of the molecule is CC1=CC=C(C2=NC(C)(c3ccccc3)C(=O)N2CCCN2CCc3ccccc3C2)CC1. The third-order valence-electron chi connectivity index (χ3n) is 7.29. The molecule has 33 heavy (non-hydrogen) atoms. The molecule has 0 bridgehead atoms. The van der Waals surface area contributed by atoms with E-state index < -0.39 is 5.54 Å². The Labute approximate surface area is 197 Å². The van der Waals surface area contributed by atoms with E-state index in [9.17, 15) is 4.79 Å². The van der Waals surface area contributed by atoms with Gasteiger partial charge in [0.2, 0.25) is 0 Å². The molecule has 0 fully saturated rings. The Morgan fingerprint density at radius 3 is 2.42 bits per heavy atom. The molecule has 0 saturated carbocycles. The molecule has 3 aliphatic rings. The monoisotopic (exact) mass is 439 g/mol. The summed E-state index contributed by atoms with van der Waals surface area (Å²) in [5, 5.41) is 0. The highest BCUT2D eigenvalue weighted by Crippen LogP contribution is 2.36. The van der Waals surface area contributed by atoms with Crippen molar-refractivity contribution in [1.29, 1.82) is 0 Å². The lowest BCUT2D eigenvalue weighted by molar-refractivity contribution is -0.131. The maximum absolute atomic E-state index is 13.7. The topological polar surface area (TPSA) is 35.9 Å². The fraction of sp³-hybridized carbons (Fsp3) is 0.379. The molecule has 1 amide bonds. The predicted octanol–water partition coefficient (Wildman–Crippen LogP) is 5.26. The summed E-state index contributed by atoms with van der Waals surface area (Å²) in [6.07, 6.45) is 8.36. The van der Waals surface area contributed by atoms with Crippen LogP contribution >= 0.6 is 0 Å². The zero-order valence-corrected chi connectivity index (χ0v) is 19.8. The molecule has 2 heterocycles. The van der Waals surface area contributed by atoms with Gasteiger partial charge in [0.15, 0.2) is 5.54 Å². The number of carbonyl (C=O) groups is 1. The summed E-state index contributed by atoms with van der Waals surface area (Å²) < 4.78 is 0. The minimum Gasteiger partial charge on any atom is -0.299 e. The molecule has 0 N–H and O–H groups in total. The fourth-order valence-electron chi connectivity index (χ4n) is 5.21. The molecule has 1 unspecified atom stereocenters. The average molecular weight is 440 g/mol. The van der Waals surface area contributed by atoms with Gasteiger partial charge >= 0.3 is 0 Å². The van der Waals surface area contributed by atoms with Gasteiger partial charge < -0.3 is 0 Å². The number of carbonyl (C=O) groups excluding carboxylic acids is 1. The van der Waals surface area contributed by atoms with Crippen LogP contribution in [0.3, 0.4) is 0 Å². The number of amides is 1. The Balaban J connectivity index is 1.33. The molecule has 0 spiro atoms. The van der Waals surface area contributed by atoms with Crippen LogP contribution in [-0.4, -0.2) is 41.2 Å². The molecule has 0 aromatic heterocycles. The first-order chi connectivity index (χ1) is 16.0. The summed E-state index contributed by atoms with van der Waals surface area (Å²) in [5.74, 6) is 0.971. The summed E-state index contributed by atoms with van der Waals surface area (Å²) >= 11 is 0. The molecule has 1 atom stereocenters. The van der Waals surface area contributed by atoms with Crippen molar-refractivity contribution in [2.75, 3.05) is 19.6 Å². The summed E-state index contributed by atoms with van der Waals surface area (Å²) in [7, 11) is 0. The molecule has 1 aliphatic carbocycles. The maximum atomic E-state index is 13.7. The van der Waals surface area contributed by atoms with E-state index in [0.29, 0.717) is 6.54 Å². The number of rotatable bonds is 6. The van der Waals surface area contributed by atoms with Crippen LogP contribution in [0, 0.1) is 0 Å². The van der Waals surface area contributed by atoms with Crippen molar-refractivity contribution in [2.24, 2.45) is 4.99 Å². The summed E-state index contributed by atoms with van der Waals surface area (Å²) in [6.45, 7) is 7.92. The highest BCUT2D eigenvalue weighted by Gasteiger charge is 2.46. The Kier molecular flexibility index (Phi) is 6.03. The van der Waals surface area contributed by atoms with Crippen LogP contribution in [-0.2, 0) is 23.3 Å². The number of allylic oxidation sites excluding steroid dienone is 3. The van der Waals surface area contributed by atoms with Crippen LogP contribution in [0.15, 0.2) is 82.9 Å². The lowest BCUT2D eigenvalue weighted by Gasteiger charge is -2.30. The number of aliphatic imine (C=N–C) groups is 1. The molecule has 0 radical (unpaired) electrons. The molecule has 2 aromatic rings. The highest BCUT2D eigenvalue weighted by atomic mass is 16.2. The van der Waals surface area contributed by atoms with E-state index in [1.807, 2.05) is 42.2 Å². The summed E-state index contributed by atoms with van der Waals surface area (Å²) in [6, 6.07) is 18.8. The van der Waals surface area contributed by atoms with E-state index in [4.69, 9.17) is 4.99 Å². The first-order valence-corrected chi connectivity index (χ1v) is 12.2. The van der Waals surface area contributed by atoms with Crippen molar-refractivity contribution in [2.45, 2.75) is 51.6 Å². The van der Waals surface area contributed by atoms with E-state index >= 15 is 0 Å². The van der Waals surface area contributed by atoms with Gasteiger partial charge in [-0.1, -0.05) is 72.3 Å². The third-order valence-corrected chi connectivity index (χ3v) is 7.29. The van der Waals surface area contributed by atoms with Gasteiger partial charge in [0.1, 0.15) is 5.84 Å². The largest absolute Gasteiger partial charge is 0.299 e. The fourth-order valence-corrected chi connectivity index (χ4v) is 5.21. The van der Waals surface area contributed by atoms with Gasteiger partial charge in [-0.15, -0.1) is 0 Å². The summed E-state index contributed by atoms with van der Waals surface area (Å²) in [5.41, 5.74) is 5.59. The molecular weight excluding hydrogens is 406 g/mol. The van der Waals surface area contributed by atoms with Crippen molar-refractivity contribution in [1.82, 2.24) is 9.80 Å². The summed E-state index contributed by atoms with van der Waals surface area (Å²) in [4.78, 5) is 23.3. The van der Waals surface area contributed by atoms with Gasteiger partial charge in [0, 0.05) is 26.2 Å². The van der Waals surface area contributed by atoms with Gasteiger partial charge in [-0.3, -0.25) is 14.6 Å². The van der Waals surface area contributed by atoms with Gasteiger partial charge in [-0.2, -0.15) is 0 Å². The number of nitrogens with zero attached hydrogens (tertiary/aromatic N) is 3. The molecular formula is C29H33N3O. The quantitative estimate of drug-likeness (QED) is 0.616. The van der Waals surface area contributed by atoms with Gasteiger partial charge in [-0.25, -0.2) is 4.99 Å². The van der Waals surface area contributed by atoms with E-state index in [2.05, 4.69) is 48.2 Å². The van der Waals surface area contributed by atoms with Crippen molar-refractivity contribution in [3.05, 3.63) is 94.6 Å². The molecule has 4 heteroatoms. The standard InChI is InChI=1S/C29H33N3O/c1-22-13-15-24(16-14-22)27-30-29(2,26-11-4-3-5-12-26)28(33)32(27)19-8-18-31-20-17-23-9-6-7-10-25(23)21-31/h3-7,9-13,15H,8,14,16-21H2,1-2H3. The van der Waals surface area contributed by atoms with Crippen LogP contribution in [0.5, 0.6) is 0 Å². The first-order valence-electron chi connectivity index (χ1n) is 12.2. The second kappa shape index (κ2) is 9.11. The normalized spacial score (nSPS) is 23.2. The minimum absolute atomic E-state index is 0.0971. The Hall–Kier alpha value is -2.98. The van der Waals surface area contributed by atoms with Crippen molar-refractivity contribution in [3.8, 4) is 0 Å². The van der Waals surface area contributed by atoms with Crippen LogP contribution in [0.2, 0.25) is 0 Å². The molecule has 4 nitrogen and oxygen atoms in total. The number of benzene rings is 2. The first kappa shape index (κ1) is 21.8. The van der Waals surface area contributed by atoms with Crippen molar-refractivity contribution in [3.63, 3.8) is 0 Å². The predicted molar refractivity (Wildman–Crippen MR) is 134 cm³/mol. The maximum Gasteiger partial charge on any atom is 0.260 e. The number of amidine groups is 1. The smallest absolute Gasteiger partial charge is 0.260 e. The van der Waals surface area contributed by atoms with Crippen LogP contribution in [0.4, 0.5) is 0 Å². The molecule has 170 valence electrons. The van der Waals surface area contributed by atoms with Gasteiger partial charge in [0.25, 0.3) is 5.91 Å². The lowest BCUT2D eigenvalue weighted by Crippen LogP contribution is -2.41. The van der Waals surface area contributed by atoms with E-state index in [1.54, 1.807) is 0 Å². The van der Waals surface area contributed by atoms with Crippen LogP contribution in [0.25, 0.3) is 0 Å². The van der Waals surface area contributed by atoms with Crippen LogP contribution in [0.1, 0.15) is 49.8 Å². The van der Waals surface area contributed by atoms with Gasteiger partial charge in [0.05, 0.1) is 0 Å².